The Hall–Kier alpha value is -1.88. The number of thiophene rings is 1. The molecule has 0 atom stereocenters. The van der Waals surface area contributed by atoms with Crippen LogP contribution in [0.15, 0.2) is 50.2 Å². The van der Waals surface area contributed by atoms with Crippen molar-refractivity contribution in [3.8, 4) is 0 Å². The van der Waals surface area contributed by atoms with Gasteiger partial charge in [-0.3, -0.25) is 4.79 Å². The number of fused-ring (bicyclic) bond motifs is 1. The number of nitrogens with zero attached hydrogens (tertiary/aromatic N) is 2. The Morgan fingerprint density at radius 1 is 1.23 bits per heavy atom. The van der Waals surface area contributed by atoms with Crippen molar-refractivity contribution >= 4 is 50.1 Å². The quantitative estimate of drug-likeness (QED) is 0.512. The third kappa shape index (κ3) is 5.05. The predicted octanol–water partition coefficient (Wildman–Crippen LogP) is 3.51. The first-order chi connectivity index (χ1) is 14.5. The van der Waals surface area contributed by atoms with Crippen molar-refractivity contribution in [3.05, 3.63) is 40.6 Å². The summed E-state index contributed by atoms with van der Waals surface area (Å²) in [6, 6.07) is 8.78. The SMILES string of the molecule is O=C(CSc1nc2cc(S(=O)(=O)N3CCCCC3)ccc2o1)NCCc1cccs1. The van der Waals surface area contributed by atoms with Gasteiger partial charge in [-0.1, -0.05) is 24.2 Å². The second-order valence-electron chi connectivity index (χ2n) is 7.04. The summed E-state index contributed by atoms with van der Waals surface area (Å²) in [5, 5.41) is 5.25. The van der Waals surface area contributed by atoms with Crippen molar-refractivity contribution in [1.82, 2.24) is 14.6 Å². The third-order valence-corrected chi connectivity index (χ3v) is 8.55. The fraction of sp³-hybridized carbons (Fsp3) is 0.400. The van der Waals surface area contributed by atoms with Gasteiger partial charge < -0.3 is 9.73 Å². The summed E-state index contributed by atoms with van der Waals surface area (Å²) >= 11 is 2.87. The Balaban J connectivity index is 1.35. The van der Waals surface area contributed by atoms with Crippen molar-refractivity contribution < 1.29 is 17.6 Å². The number of carbonyl (C=O) groups is 1. The van der Waals surface area contributed by atoms with Gasteiger partial charge in [0, 0.05) is 24.5 Å². The molecule has 0 radical (unpaired) electrons. The van der Waals surface area contributed by atoms with E-state index >= 15 is 0 Å². The number of oxazole rings is 1. The summed E-state index contributed by atoms with van der Waals surface area (Å²) in [5.41, 5.74) is 0.988. The largest absolute Gasteiger partial charge is 0.431 e. The molecular formula is C20H23N3O4S3. The highest BCUT2D eigenvalue weighted by molar-refractivity contribution is 7.99. The molecule has 0 bridgehead atoms. The summed E-state index contributed by atoms with van der Waals surface area (Å²) in [7, 11) is -3.52. The molecule has 1 amide bonds. The number of benzene rings is 1. The fourth-order valence-electron chi connectivity index (χ4n) is 3.32. The molecule has 1 aliphatic rings. The topological polar surface area (TPSA) is 92.5 Å². The van der Waals surface area contributed by atoms with Gasteiger partial charge in [-0.15, -0.1) is 11.3 Å². The van der Waals surface area contributed by atoms with Gasteiger partial charge in [0.05, 0.1) is 10.6 Å². The van der Waals surface area contributed by atoms with Gasteiger partial charge in [-0.25, -0.2) is 13.4 Å². The van der Waals surface area contributed by atoms with Crippen LogP contribution in [0.25, 0.3) is 11.1 Å². The van der Waals surface area contributed by atoms with Gasteiger partial charge in [0.2, 0.25) is 15.9 Å². The molecular weight excluding hydrogens is 442 g/mol. The van der Waals surface area contributed by atoms with E-state index in [1.807, 2.05) is 17.5 Å². The van der Waals surface area contributed by atoms with Crippen LogP contribution in [0.2, 0.25) is 0 Å². The van der Waals surface area contributed by atoms with Crippen LogP contribution >= 0.6 is 23.1 Å². The van der Waals surface area contributed by atoms with Gasteiger partial charge in [0.25, 0.3) is 5.22 Å². The van der Waals surface area contributed by atoms with Crippen LogP contribution in [0, 0.1) is 0 Å². The van der Waals surface area contributed by atoms with Crippen LogP contribution in [0.3, 0.4) is 0 Å². The van der Waals surface area contributed by atoms with E-state index in [0.717, 1.165) is 25.7 Å². The first-order valence-electron chi connectivity index (χ1n) is 9.85. The molecule has 1 aromatic carbocycles. The highest BCUT2D eigenvalue weighted by atomic mass is 32.2. The Bertz CT molecular complexity index is 1100. The summed E-state index contributed by atoms with van der Waals surface area (Å²) in [6.45, 7) is 1.70. The number of sulfonamides is 1. The molecule has 3 aromatic rings. The lowest BCUT2D eigenvalue weighted by atomic mass is 10.2. The molecule has 160 valence electrons. The number of aromatic nitrogens is 1. The lowest BCUT2D eigenvalue weighted by molar-refractivity contribution is -0.118. The zero-order chi connectivity index (χ0) is 21.0. The van der Waals surface area contributed by atoms with Gasteiger partial charge in [-0.05, 0) is 48.9 Å². The van der Waals surface area contributed by atoms with E-state index in [2.05, 4.69) is 10.3 Å². The second kappa shape index (κ2) is 9.51. The molecule has 1 N–H and O–H groups in total. The smallest absolute Gasteiger partial charge is 0.257 e. The average molecular weight is 466 g/mol. The Morgan fingerprint density at radius 2 is 2.07 bits per heavy atom. The van der Waals surface area contributed by atoms with Crippen LogP contribution in [-0.4, -0.2) is 49.0 Å². The maximum Gasteiger partial charge on any atom is 0.257 e. The lowest BCUT2D eigenvalue weighted by Gasteiger charge is -2.25. The molecule has 1 saturated heterocycles. The van der Waals surface area contributed by atoms with Gasteiger partial charge in [0.15, 0.2) is 5.58 Å². The van der Waals surface area contributed by atoms with Crippen molar-refractivity contribution in [3.63, 3.8) is 0 Å². The predicted molar refractivity (Wildman–Crippen MR) is 118 cm³/mol. The first kappa shape index (κ1) is 21.4. The number of piperidine rings is 1. The average Bonchev–Trinajstić information content (AvgIpc) is 3.41. The van der Waals surface area contributed by atoms with Gasteiger partial charge in [-0.2, -0.15) is 4.31 Å². The minimum atomic E-state index is -3.52. The van der Waals surface area contributed by atoms with Crippen LogP contribution in [0.4, 0.5) is 0 Å². The number of rotatable bonds is 8. The van der Waals surface area contributed by atoms with Crippen LogP contribution < -0.4 is 5.32 Å². The Kier molecular flexibility index (Phi) is 6.77. The number of hydrogen-bond acceptors (Lipinski definition) is 7. The lowest BCUT2D eigenvalue weighted by Crippen LogP contribution is -2.35. The number of carbonyl (C=O) groups excluding carboxylic acids is 1. The summed E-state index contributed by atoms with van der Waals surface area (Å²) < 4.78 is 32.9. The summed E-state index contributed by atoms with van der Waals surface area (Å²) in [5.74, 6) is 0.100. The van der Waals surface area contributed by atoms with Crippen molar-refractivity contribution in [2.75, 3.05) is 25.4 Å². The van der Waals surface area contributed by atoms with Crippen LogP contribution in [-0.2, 0) is 21.2 Å². The number of nitrogens with one attached hydrogen (secondary N) is 1. The minimum absolute atomic E-state index is 0.0906. The zero-order valence-electron chi connectivity index (χ0n) is 16.4. The molecule has 0 spiro atoms. The van der Waals surface area contributed by atoms with E-state index in [0.29, 0.717) is 36.0 Å². The highest BCUT2D eigenvalue weighted by Gasteiger charge is 2.26. The van der Waals surface area contributed by atoms with Crippen molar-refractivity contribution in [2.45, 2.75) is 35.8 Å². The molecule has 2 aromatic heterocycles. The summed E-state index contributed by atoms with van der Waals surface area (Å²) in [4.78, 5) is 17.9. The van der Waals surface area contributed by atoms with E-state index < -0.39 is 10.0 Å². The molecule has 10 heteroatoms. The maximum absolute atomic E-state index is 12.8. The third-order valence-electron chi connectivity index (χ3n) is 4.89. The molecule has 0 unspecified atom stereocenters. The molecule has 4 rings (SSSR count). The molecule has 1 aliphatic heterocycles. The fourth-order valence-corrected chi connectivity index (χ4v) is 6.24. The second-order valence-corrected chi connectivity index (χ2v) is 10.9. The van der Waals surface area contributed by atoms with Crippen LogP contribution in [0.1, 0.15) is 24.1 Å². The van der Waals surface area contributed by atoms with E-state index in [1.54, 1.807) is 29.5 Å². The van der Waals surface area contributed by atoms with Crippen molar-refractivity contribution in [2.24, 2.45) is 0 Å². The minimum Gasteiger partial charge on any atom is -0.431 e. The van der Waals surface area contributed by atoms with E-state index in [1.165, 1.54) is 20.9 Å². The standard InChI is InChI=1S/C20H23N3O4S3/c24-19(21-9-8-15-5-4-12-28-15)14-29-20-22-17-13-16(6-7-18(17)27-20)30(25,26)23-10-2-1-3-11-23/h4-7,12-13H,1-3,8-11,14H2,(H,21,24). The van der Waals surface area contributed by atoms with E-state index in [-0.39, 0.29) is 16.6 Å². The van der Waals surface area contributed by atoms with Gasteiger partial charge >= 0.3 is 0 Å². The zero-order valence-corrected chi connectivity index (χ0v) is 18.8. The van der Waals surface area contributed by atoms with E-state index in [4.69, 9.17) is 4.42 Å². The molecule has 30 heavy (non-hydrogen) atoms. The van der Waals surface area contributed by atoms with Crippen LogP contribution in [0.5, 0.6) is 0 Å². The molecule has 0 saturated carbocycles. The molecule has 1 fully saturated rings. The first-order valence-corrected chi connectivity index (χ1v) is 13.2. The highest BCUT2D eigenvalue weighted by Crippen LogP contribution is 2.27. The normalized spacial score (nSPS) is 15.5. The maximum atomic E-state index is 12.8. The number of amides is 1. The van der Waals surface area contributed by atoms with Gasteiger partial charge in [0.1, 0.15) is 5.52 Å². The summed E-state index contributed by atoms with van der Waals surface area (Å²) in [6.07, 6.45) is 3.66. The monoisotopic (exact) mass is 465 g/mol. The molecule has 7 nitrogen and oxygen atoms in total. The molecule has 0 aliphatic carbocycles. The van der Waals surface area contributed by atoms with Crippen molar-refractivity contribution in [1.29, 1.82) is 0 Å². The number of thioether (sulfide) groups is 1. The Labute approximate surface area is 183 Å². The molecule has 3 heterocycles. The number of hydrogen-bond donors (Lipinski definition) is 1. The van der Waals surface area contributed by atoms with E-state index in [9.17, 15) is 13.2 Å². The Morgan fingerprint density at radius 3 is 2.83 bits per heavy atom.